The Hall–Kier alpha value is -3.06. The van der Waals surface area contributed by atoms with Crippen LogP contribution in [-0.2, 0) is 4.79 Å². The van der Waals surface area contributed by atoms with Crippen molar-refractivity contribution in [2.24, 2.45) is 0 Å². The number of nitrogens with zero attached hydrogens (tertiary/aromatic N) is 2. The van der Waals surface area contributed by atoms with E-state index >= 15 is 0 Å². The van der Waals surface area contributed by atoms with E-state index in [1.165, 1.54) is 29.6 Å². The molecule has 1 aromatic heterocycles. The molecule has 1 heterocycles. The molecule has 0 unspecified atom stereocenters. The van der Waals surface area contributed by atoms with Crippen molar-refractivity contribution < 1.29 is 9.72 Å². The smallest absolute Gasteiger partial charge is 0.276 e. The van der Waals surface area contributed by atoms with Crippen LogP contribution in [0.2, 0.25) is 0 Å². The van der Waals surface area contributed by atoms with Crippen LogP contribution in [-0.4, -0.2) is 15.8 Å². The van der Waals surface area contributed by atoms with Gasteiger partial charge in [-0.2, -0.15) is 0 Å². The number of anilines is 1. The molecule has 120 valence electrons. The van der Waals surface area contributed by atoms with E-state index in [-0.39, 0.29) is 11.6 Å². The first-order valence-corrected chi connectivity index (χ1v) is 7.95. The van der Waals surface area contributed by atoms with E-state index in [2.05, 4.69) is 10.3 Å². The first-order chi connectivity index (χ1) is 11.5. The second kappa shape index (κ2) is 6.59. The van der Waals surface area contributed by atoms with Crippen molar-refractivity contribution in [3.8, 4) is 0 Å². The van der Waals surface area contributed by atoms with Gasteiger partial charge in [0.05, 0.1) is 20.7 Å². The summed E-state index contributed by atoms with van der Waals surface area (Å²) in [6, 6.07) is 12.1. The van der Waals surface area contributed by atoms with E-state index in [4.69, 9.17) is 0 Å². The average molecular weight is 339 g/mol. The lowest BCUT2D eigenvalue weighted by atomic mass is 10.1. The van der Waals surface area contributed by atoms with Gasteiger partial charge in [-0.25, -0.2) is 4.98 Å². The Balaban J connectivity index is 1.78. The first kappa shape index (κ1) is 15.8. The third-order valence-electron chi connectivity index (χ3n) is 3.40. The molecule has 24 heavy (non-hydrogen) atoms. The summed E-state index contributed by atoms with van der Waals surface area (Å²) in [6.45, 7) is 1.96. The van der Waals surface area contributed by atoms with Crippen molar-refractivity contribution in [2.75, 3.05) is 5.32 Å². The Bertz CT molecular complexity index is 963. The van der Waals surface area contributed by atoms with Crippen molar-refractivity contribution in [3.05, 3.63) is 69.8 Å². The number of nitro groups is 1. The number of amides is 1. The van der Waals surface area contributed by atoms with E-state index in [1.54, 1.807) is 18.2 Å². The molecule has 0 aliphatic carbocycles. The summed E-state index contributed by atoms with van der Waals surface area (Å²) < 4.78 is 0.993. The fourth-order valence-electron chi connectivity index (χ4n) is 2.25. The molecule has 1 N–H and O–H groups in total. The Morgan fingerprint density at radius 3 is 2.79 bits per heavy atom. The van der Waals surface area contributed by atoms with Gasteiger partial charge >= 0.3 is 0 Å². The quantitative estimate of drug-likeness (QED) is 0.439. The molecule has 0 saturated carbocycles. The van der Waals surface area contributed by atoms with Crippen LogP contribution in [0.3, 0.4) is 0 Å². The number of hydrogen-bond acceptors (Lipinski definition) is 5. The lowest BCUT2D eigenvalue weighted by Crippen LogP contribution is -2.07. The molecule has 2 aromatic carbocycles. The lowest BCUT2D eigenvalue weighted by Gasteiger charge is -1.97. The maximum atomic E-state index is 12.0. The van der Waals surface area contributed by atoms with Gasteiger partial charge in [0.25, 0.3) is 5.69 Å². The van der Waals surface area contributed by atoms with Crippen molar-refractivity contribution in [3.63, 3.8) is 0 Å². The summed E-state index contributed by atoms with van der Waals surface area (Å²) in [7, 11) is 0. The normalized spacial score (nSPS) is 11.0. The molecule has 1 amide bonds. The van der Waals surface area contributed by atoms with Crippen LogP contribution < -0.4 is 5.32 Å². The minimum Gasteiger partial charge on any atom is -0.298 e. The highest BCUT2D eigenvalue weighted by molar-refractivity contribution is 7.22. The number of thiazole rings is 1. The fourth-order valence-corrected chi connectivity index (χ4v) is 3.19. The average Bonchev–Trinajstić information content (AvgIpc) is 2.97. The SMILES string of the molecule is Cc1cccc2sc(NC(=O)/C=C/c3ccccc3[N+](=O)[O-])nc12. The van der Waals surface area contributed by atoms with Gasteiger partial charge in [0.2, 0.25) is 5.91 Å². The van der Waals surface area contributed by atoms with Crippen LogP contribution in [0.4, 0.5) is 10.8 Å². The van der Waals surface area contributed by atoms with Crippen LogP contribution in [0.25, 0.3) is 16.3 Å². The van der Waals surface area contributed by atoms with Crippen LogP contribution in [0.1, 0.15) is 11.1 Å². The summed E-state index contributed by atoms with van der Waals surface area (Å²) >= 11 is 1.38. The zero-order valence-corrected chi connectivity index (χ0v) is 13.5. The van der Waals surface area contributed by atoms with Crippen LogP contribution in [0.15, 0.2) is 48.5 Å². The maximum absolute atomic E-state index is 12.0. The van der Waals surface area contributed by atoms with E-state index < -0.39 is 4.92 Å². The summed E-state index contributed by atoms with van der Waals surface area (Å²) in [5.74, 6) is -0.384. The third-order valence-corrected chi connectivity index (χ3v) is 4.33. The topological polar surface area (TPSA) is 85.1 Å². The predicted octanol–water partition coefficient (Wildman–Crippen LogP) is 4.16. The number of rotatable bonds is 4. The number of para-hydroxylation sites is 2. The number of nitro benzene ring substituents is 1. The Kier molecular flexibility index (Phi) is 4.35. The number of nitrogens with one attached hydrogen (secondary N) is 1. The molecule has 0 aliphatic heterocycles. The molecule has 0 atom stereocenters. The zero-order chi connectivity index (χ0) is 17.1. The highest BCUT2D eigenvalue weighted by Gasteiger charge is 2.11. The minimum atomic E-state index is -0.478. The highest BCUT2D eigenvalue weighted by Crippen LogP contribution is 2.28. The monoisotopic (exact) mass is 339 g/mol. The molecule has 3 aromatic rings. The molecular formula is C17H13N3O3S. The Labute approximate surface area is 141 Å². The molecule has 7 heteroatoms. The molecule has 0 aliphatic rings. The number of fused-ring (bicyclic) bond motifs is 1. The third kappa shape index (κ3) is 3.31. The molecular weight excluding hydrogens is 326 g/mol. The molecule has 0 bridgehead atoms. The predicted molar refractivity (Wildman–Crippen MR) is 95.1 cm³/mol. The number of carbonyl (C=O) groups excluding carboxylic acids is 1. The largest absolute Gasteiger partial charge is 0.298 e. The van der Waals surface area contributed by atoms with Gasteiger partial charge in [0.1, 0.15) is 0 Å². The fraction of sp³-hybridized carbons (Fsp3) is 0.0588. The van der Waals surface area contributed by atoms with Crippen LogP contribution in [0.5, 0.6) is 0 Å². The molecule has 3 rings (SSSR count). The molecule has 0 spiro atoms. The van der Waals surface area contributed by atoms with Crippen LogP contribution in [0, 0.1) is 17.0 Å². The van der Waals surface area contributed by atoms with Crippen molar-refractivity contribution in [1.82, 2.24) is 4.98 Å². The number of aromatic nitrogens is 1. The minimum absolute atomic E-state index is 0.0443. The number of hydrogen-bond donors (Lipinski definition) is 1. The van der Waals surface area contributed by atoms with Crippen molar-refractivity contribution in [1.29, 1.82) is 0 Å². The zero-order valence-electron chi connectivity index (χ0n) is 12.7. The van der Waals surface area contributed by atoms with Gasteiger partial charge in [-0.15, -0.1) is 0 Å². The van der Waals surface area contributed by atoms with Crippen LogP contribution >= 0.6 is 11.3 Å². The van der Waals surface area contributed by atoms with Crippen molar-refractivity contribution in [2.45, 2.75) is 6.92 Å². The van der Waals surface area contributed by atoms with E-state index in [9.17, 15) is 14.9 Å². The molecule has 0 radical (unpaired) electrons. The number of benzene rings is 2. The van der Waals surface area contributed by atoms with Gasteiger partial charge in [-0.3, -0.25) is 20.2 Å². The van der Waals surface area contributed by atoms with E-state index in [0.29, 0.717) is 10.7 Å². The van der Waals surface area contributed by atoms with E-state index in [0.717, 1.165) is 15.8 Å². The molecule has 0 fully saturated rings. The van der Waals surface area contributed by atoms with Gasteiger partial charge < -0.3 is 0 Å². The highest BCUT2D eigenvalue weighted by atomic mass is 32.1. The maximum Gasteiger partial charge on any atom is 0.276 e. The van der Waals surface area contributed by atoms with E-state index in [1.807, 2.05) is 25.1 Å². The van der Waals surface area contributed by atoms with Gasteiger partial charge in [-0.05, 0) is 30.7 Å². The Morgan fingerprint density at radius 1 is 1.25 bits per heavy atom. The van der Waals surface area contributed by atoms with Crippen molar-refractivity contribution >= 4 is 44.4 Å². The van der Waals surface area contributed by atoms with Gasteiger partial charge in [0.15, 0.2) is 5.13 Å². The molecule has 0 saturated heterocycles. The van der Waals surface area contributed by atoms with Gasteiger partial charge in [0, 0.05) is 12.1 Å². The lowest BCUT2D eigenvalue weighted by molar-refractivity contribution is -0.385. The second-order valence-corrected chi connectivity index (χ2v) is 6.11. The second-order valence-electron chi connectivity index (χ2n) is 5.08. The number of aryl methyl sites for hydroxylation is 1. The standard InChI is InChI=1S/C17H13N3O3S/c1-11-5-4-8-14-16(11)19-17(24-14)18-15(21)10-9-12-6-2-3-7-13(12)20(22)23/h2-10H,1H3,(H,18,19,21)/b10-9+. The molecule has 6 nitrogen and oxygen atoms in total. The first-order valence-electron chi connectivity index (χ1n) is 7.13. The summed E-state index contributed by atoms with van der Waals surface area (Å²) in [5.41, 5.74) is 2.23. The Morgan fingerprint density at radius 2 is 2.04 bits per heavy atom. The summed E-state index contributed by atoms with van der Waals surface area (Å²) in [6.07, 6.45) is 2.69. The summed E-state index contributed by atoms with van der Waals surface area (Å²) in [4.78, 5) is 26.9. The number of carbonyl (C=O) groups is 1. The summed E-state index contributed by atoms with van der Waals surface area (Å²) in [5, 5.41) is 14.1. The van der Waals surface area contributed by atoms with Gasteiger partial charge in [-0.1, -0.05) is 35.6 Å².